The Labute approximate surface area is 144 Å². The molecule has 1 heterocycles. The molecule has 5 fully saturated rings. The van der Waals surface area contributed by atoms with Crippen LogP contribution in [0.3, 0.4) is 0 Å². The Bertz CT molecular complexity index is 425. The Hall–Kier alpha value is -0.650. The van der Waals surface area contributed by atoms with Gasteiger partial charge >= 0.3 is 5.97 Å². The van der Waals surface area contributed by atoms with Crippen LogP contribution in [0.5, 0.6) is 0 Å². The van der Waals surface area contributed by atoms with Gasteiger partial charge in [0, 0.05) is 0 Å². The lowest BCUT2D eigenvalue weighted by Crippen LogP contribution is -3.15. The van der Waals surface area contributed by atoms with Crippen LogP contribution >= 0.6 is 0 Å². The standard InChI is InChI=1S/C19H31NO4/c21-17(12-20-1-3-23-4-2-20)13-24-18(22)11-19-8-14-5-15(9-19)7-16(6-14)10-19/h14-17,21H,1-13H2/p+1/t14?,15?,16?,17-,19?/m1/s1. The second kappa shape index (κ2) is 6.93. The number of aliphatic hydroxyl groups is 1. The van der Waals surface area contributed by atoms with Gasteiger partial charge in [0.1, 0.15) is 32.3 Å². The maximum absolute atomic E-state index is 12.4. The Morgan fingerprint density at radius 1 is 1.12 bits per heavy atom. The van der Waals surface area contributed by atoms with E-state index in [1.807, 2.05) is 0 Å². The minimum atomic E-state index is -0.557. The van der Waals surface area contributed by atoms with E-state index in [9.17, 15) is 9.90 Å². The monoisotopic (exact) mass is 338 g/mol. The van der Waals surface area contributed by atoms with Crippen molar-refractivity contribution in [2.24, 2.45) is 23.2 Å². The van der Waals surface area contributed by atoms with Crippen LogP contribution in [-0.4, -0.2) is 56.6 Å². The van der Waals surface area contributed by atoms with E-state index in [2.05, 4.69) is 0 Å². The fraction of sp³-hybridized carbons (Fsp3) is 0.947. The summed E-state index contributed by atoms with van der Waals surface area (Å²) in [5, 5.41) is 10.1. The Morgan fingerprint density at radius 3 is 2.29 bits per heavy atom. The van der Waals surface area contributed by atoms with Gasteiger partial charge < -0.3 is 19.5 Å². The minimum absolute atomic E-state index is 0.0898. The predicted molar refractivity (Wildman–Crippen MR) is 88.6 cm³/mol. The summed E-state index contributed by atoms with van der Waals surface area (Å²) in [5.41, 5.74) is 0.228. The lowest BCUT2D eigenvalue weighted by molar-refractivity contribution is -0.911. The number of hydrogen-bond acceptors (Lipinski definition) is 4. The molecule has 1 atom stereocenters. The summed E-state index contributed by atoms with van der Waals surface area (Å²) >= 11 is 0. The van der Waals surface area contributed by atoms with Crippen LogP contribution in [-0.2, 0) is 14.3 Å². The SMILES string of the molecule is O=C(CC12CC3CC(CC(C3)C1)C2)OC[C@H](O)C[NH+]1CCOCC1. The van der Waals surface area contributed by atoms with E-state index >= 15 is 0 Å². The van der Waals surface area contributed by atoms with Crippen molar-refractivity contribution in [2.75, 3.05) is 39.5 Å². The molecule has 4 bridgehead atoms. The number of quaternary nitrogens is 1. The summed E-state index contributed by atoms with van der Waals surface area (Å²) in [6, 6.07) is 0. The molecule has 136 valence electrons. The topological polar surface area (TPSA) is 60.2 Å². The van der Waals surface area contributed by atoms with Crippen LogP contribution in [0.15, 0.2) is 0 Å². The summed E-state index contributed by atoms with van der Waals surface area (Å²) < 4.78 is 10.8. The molecule has 1 saturated heterocycles. The number of nitrogens with one attached hydrogen (secondary N) is 1. The third kappa shape index (κ3) is 3.78. The van der Waals surface area contributed by atoms with Gasteiger partial charge in [0.15, 0.2) is 0 Å². The van der Waals surface area contributed by atoms with Gasteiger partial charge in [-0.15, -0.1) is 0 Å². The van der Waals surface area contributed by atoms with Crippen molar-refractivity contribution in [3.05, 3.63) is 0 Å². The average Bonchev–Trinajstić information content (AvgIpc) is 2.52. The third-order valence-electron chi connectivity index (χ3n) is 6.85. The average molecular weight is 338 g/mol. The van der Waals surface area contributed by atoms with E-state index < -0.39 is 6.10 Å². The van der Waals surface area contributed by atoms with Gasteiger partial charge in [-0.3, -0.25) is 4.79 Å². The van der Waals surface area contributed by atoms with Gasteiger partial charge in [-0.25, -0.2) is 0 Å². The summed E-state index contributed by atoms with van der Waals surface area (Å²) in [6.07, 6.45) is 7.91. The van der Waals surface area contributed by atoms with Crippen molar-refractivity contribution < 1.29 is 24.3 Å². The highest BCUT2D eigenvalue weighted by Gasteiger charge is 2.51. The number of carbonyl (C=O) groups excluding carboxylic acids is 1. The zero-order valence-electron chi connectivity index (χ0n) is 14.7. The van der Waals surface area contributed by atoms with E-state index in [-0.39, 0.29) is 18.0 Å². The Balaban J connectivity index is 1.22. The molecular weight excluding hydrogens is 306 g/mol. The first-order chi connectivity index (χ1) is 11.6. The number of hydrogen-bond donors (Lipinski definition) is 2. The number of rotatable bonds is 6. The number of morpholine rings is 1. The largest absolute Gasteiger partial charge is 0.463 e. The Kier molecular flexibility index (Phi) is 4.85. The van der Waals surface area contributed by atoms with Crippen molar-refractivity contribution in [3.8, 4) is 0 Å². The predicted octanol–water partition coefficient (Wildman–Crippen LogP) is 0.412. The van der Waals surface area contributed by atoms with Crippen LogP contribution in [0, 0.1) is 23.2 Å². The molecule has 4 aliphatic carbocycles. The summed E-state index contributed by atoms with van der Waals surface area (Å²) in [7, 11) is 0. The number of esters is 1. The van der Waals surface area contributed by atoms with E-state index in [1.165, 1.54) is 43.4 Å². The fourth-order valence-corrected chi connectivity index (χ4v) is 6.31. The second-order valence-corrected chi connectivity index (χ2v) is 9.00. The second-order valence-electron chi connectivity index (χ2n) is 9.00. The molecule has 4 saturated carbocycles. The zero-order valence-corrected chi connectivity index (χ0v) is 14.7. The summed E-state index contributed by atoms with van der Waals surface area (Å²) in [6.45, 7) is 4.17. The molecule has 1 aliphatic heterocycles. The first-order valence-corrected chi connectivity index (χ1v) is 9.85. The molecule has 24 heavy (non-hydrogen) atoms. The highest BCUT2D eigenvalue weighted by molar-refractivity contribution is 5.70. The molecule has 0 aromatic rings. The van der Waals surface area contributed by atoms with Gasteiger partial charge in [-0.1, -0.05) is 0 Å². The molecule has 5 aliphatic rings. The summed E-state index contributed by atoms with van der Waals surface area (Å²) in [5.74, 6) is 2.49. The molecule has 0 aromatic heterocycles. The van der Waals surface area contributed by atoms with Crippen molar-refractivity contribution in [1.82, 2.24) is 0 Å². The Morgan fingerprint density at radius 2 is 1.71 bits per heavy atom. The maximum Gasteiger partial charge on any atom is 0.306 e. The van der Waals surface area contributed by atoms with Crippen molar-refractivity contribution in [1.29, 1.82) is 0 Å². The molecule has 0 amide bonds. The molecule has 0 radical (unpaired) electrons. The molecule has 5 nitrogen and oxygen atoms in total. The highest BCUT2D eigenvalue weighted by Crippen LogP contribution is 2.61. The van der Waals surface area contributed by atoms with E-state index in [4.69, 9.17) is 9.47 Å². The molecule has 5 rings (SSSR count). The van der Waals surface area contributed by atoms with Crippen LogP contribution in [0.4, 0.5) is 0 Å². The minimum Gasteiger partial charge on any atom is -0.463 e. The summed E-state index contributed by atoms with van der Waals surface area (Å²) in [4.78, 5) is 13.7. The molecule has 5 heteroatoms. The number of ether oxygens (including phenoxy) is 2. The van der Waals surface area contributed by atoms with E-state index in [1.54, 1.807) is 0 Å². The zero-order chi connectivity index (χ0) is 16.6. The van der Waals surface area contributed by atoms with Gasteiger partial charge in [-0.2, -0.15) is 0 Å². The van der Waals surface area contributed by atoms with Gasteiger partial charge in [0.25, 0.3) is 0 Å². The maximum atomic E-state index is 12.4. The van der Waals surface area contributed by atoms with Gasteiger partial charge in [0.2, 0.25) is 0 Å². The van der Waals surface area contributed by atoms with Crippen molar-refractivity contribution >= 4 is 5.97 Å². The van der Waals surface area contributed by atoms with Crippen molar-refractivity contribution in [3.63, 3.8) is 0 Å². The molecular formula is C19H32NO4+. The van der Waals surface area contributed by atoms with Gasteiger partial charge in [-0.05, 0) is 61.7 Å². The molecule has 0 spiro atoms. The first kappa shape index (κ1) is 16.8. The number of aliphatic hydroxyl groups excluding tert-OH is 1. The smallest absolute Gasteiger partial charge is 0.306 e. The lowest BCUT2D eigenvalue weighted by Gasteiger charge is -2.56. The van der Waals surface area contributed by atoms with Crippen molar-refractivity contribution in [2.45, 2.75) is 51.0 Å². The van der Waals surface area contributed by atoms with E-state index in [0.717, 1.165) is 44.1 Å². The number of carbonyl (C=O) groups is 1. The van der Waals surface area contributed by atoms with Gasteiger partial charge in [0.05, 0.1) is 19.6 Å². The van der Waals surface area contributed by atoms with Crippen LogP contribution < -0.4 is 4.90 Å². The van der Waals surface area contributed by atoms with Crippen LogP contribution in [0.2, 0.25) is 0 Å². The normalized spacial score (nSPS) is 39.8. The third-order valence-corrected chi connectivity index (χ3v) is 6.85. The fourth-order valence-electron chi connectivity index (χ4n) is 6.31. The first-order valence-electron chi connectivity index (χ1n) is 9.85. The quantitative estimate of drug-likeness (QED) is 0.689. The van der Waals surface area contributed by atoms with Crippen LogP contribution in [0.25, 0.3) is 0 Å². The molecule has 0 unspecified atom stereocenters. The lowest BCUT2D eigenvalue weighted by atomic mass is 9.49. The van der Waals surface area contributed by atoms with E-state index in [0.29, 0.717) is 13.0 Å². The molecule has 2 N–H and O–H groups in total. The van der Waals surface area contributed by atoms with Crippen LogP contribution in [0.1, 0.15) is 44.9 Å². The molecule has 0 aromatic carbocycles. The highest BCUT2D eigenvalue weighted by atomic mass is 16.5.